The molecule has 1 aromatic heterocycles. The quantitative estimate of drug-likeness (QED) is 0.690. The van der Waals surface area contributed by atoms with E-state index in [1.54, 1.807) is 18.0 Å². The van der Waals surface area contributed by atoms with Gasteiger partial charge in [0.2, 0.25) is 0 Å². The van der Waals surface area contributed by atoms with Crippen molar-refractivity contribution in [2.24, 2.45) is 5.73 Å². The smallest absolute Gasteiger partial charge is 0.104 e. The third-order valence-electron chi connectivity index (χ3n) is 2.30. The van der Waals surface area contributed by atoms with Gasteiger partial charge in [0.25, 0.3) is 0 Å². The summed E-state index contributed by atoms with van der Waals surface area (Å²) < 4.78 is 0. The molecule has 2 rings (SSSR count). The topological polar surface area (TPSA) is 38.9 Å². The first-order valence-electron chi connectivity index (χ1n) is 5.28. The molecule has 92 valence electrons. The summed E-state index contributed by atoms with van der Waals surface area (Å²) in [4.78, 5) is 4.66. The third-order valence-corrected chi connectivity index (χ3v) is 3.76. The van der Waals surface area contributed by atoms with Gasteiger partial charge < -0.3 is 5.73 Å². The molecule has 0 bridgehead atoms. The van der Waals surface area contributed by atoms with Crippen LogP contribution in [0.3, 0.4) is 0 Å². The van der Waals surface area contributed by atoms with E-state index in [1.807, 2.05) is 36.4 Å². The van der Waals surface area contributed by atoms with Gasteiger partial charge >= 0.3 is 0 Å². The molecule has 0 saturated carbocycles. The summed E-state index contributed by atoms with van der Waals surface area (Å²) in [6.07, 6.45) is 1.72. The van der Waals surface area contributed by atoms with Crippen molar-refractivity contribution in [1.82, 2.24) is 4.98 Å². The Morgan fingerprint density at radius 3 is 2.89 bits per heavy atom. The molecule has 0 aliphatic rings. The second-order valence-corrected chi connectivity index (χ2v) is 5.54. The van der Waals surface area contributed by atoms with Gasteiger partial charge in [-0.1, -0.05) is 36.0 Å². The predicted octanol–water partition coefficient (Wildman–Crippen LogP) is 3.66. The molecule has 2 aromatic rings. The van der Waals surface area contributed by atoms with E-state index in [4.69, 9.17) is 29.6 Å². The molecule has 0 unspecified atom stereocenters. The number of benzene rings is 1. The van der Waals surface area contributed by atoms with E-state index in [9.17, 15) is 0 Å². The molecule has 1 heterocycles. The Morgan fingerprint density at radius 1 is 1.33 bits per heavy atom. The van der Waals surface area contributed by atoms with Crippen molar-refractivity contribution in [3.8, 4) is 0 Å². The Labute approximate surface area is 121 Å². The summed E-state index contributed by atoms with van der Waals surface area (Å²) in [5, 5.41) is 1.65. The second-order valence-electron chi connectivity index (χ2n) is 3.67. The lowest BCUT2D eigenvalue weighted by Gasteiger charge is -2.04. The van der Waals surface area contributed by atoms with Gasteiger partial charge in [0.15, 0.2) is 0 Å². The maximum atomic E-state index is 5.93. The van der Waals surface area contributed by atoms with Gasteiger partial charge in [-0.2, -0.15) is 0 Å². The number of thioether (sulfide) groups is 1. The number of hydrogen-bond donors (Lipinski definition) is 1. The maximum Gasteiger partial charge on any atom is 0.104 e. The lowest BCUT2D eigenvalue weighted by atomic mass is 10.2. The summed E-state index contributed by atoms with van der Waals surface area (Å²) in [7, 11) is 0. The molecule has 0 amide bonds. The Kier molecular flexibility index (Phi) is 4.58. The number of hydrogen-bond acceptors (Lipinski definition) is 3. The molecule has 0 spiro atoms. The Hall–Kier alpha value is -1.10. The van der Waals surface area contributed by atoms with Crippen molar-refractivity contribution in [3.05, 3.63) is 58.7 Å². The number of pyridine rings is 1. The van der Waals surface area contributed by atoms with Gasteiger partial charge in [0.05, 0.1) is 5.03 Å². The standard InChI is InChI=1S/C13H11ClN2S2/c14-11-3-1-2-9(6-11)8-18-12-7-10(13(15)17)4-5-16-12/h1-7H,8H2,(H2,15,17). The highest BCUT2D eigenvalue weighted by atomic mass is 35.5. The highest BCUT2D eigenvalue weighted by Crippen LogP contribution is 2.22. The maximum absolute atomic E-state index is 5.93. The first-order chi connectivity index (χ1) is 8.65. The average Bonchev–Trinajstić information content (AvgIpc) is 2.37. The van der Waals surface area contributed by atoms with E-state index < -0.39 is 0 Å². The van der Waals surface area contributed by atoms with Gasteiger partial charge in [-0.25, -0.2) is 4.98 Å². The minimum atomic E-state index is 0.391. The minimum Gasteiger partial charge on any atom is -0.389 e. The van der Waals surface area contributed by atoms with Crippen LogP contribution in [0.5, 0.6) is 0 Å². The number of rotatable bonds is 4. The largest absolute Gasteiger partial charge is 0.389 e. The predicted molar refractivity (Wildman–Crippen MR) is 81.1 cm³/mol. The summed E-state index contributed by atoms with van der Waals surface area (Å²) in [6, 6.07) is 11.5. The summed E-state index contributed by atoms with van der Waals surface area (Å²) in [5.74, 6) is 0.814. The molecule has 0 saturated heterocycles. The molecule has 5 heteroatoms. The van der Waals surface area contributed by atoms with E-state index in [0.717, 1.165) is 26.9 Å². The highest BCUT2D eigenvalue weighted by Gasteiger charge is 2.01. The van der Waals surface area contributed by atoms with Crippen LogP contribution in [0.4, 0.5) is 0 Å². The summed E-state index contributed by atoms with van der Waals surface area (Å²) in [6.45, 7) is 0. The lowest BCUT2D eigenvalue weighted by Crippen LogP contribution is -2.09. The Balaban J connectivity index is 2.06. The molecule has 0 radical (unpaired) electrons. The minimum absolute atomic E-state index is 0.391. The molecule has 0 fully saturated rings. The van der Waals surface area contributed by atoms with Crippen LogP contribution in [0.1, 0.15) is 11.1 Å². The molecular weight excluding hydrogens is 284 g/mol. The SMILES string of the molecule is NC(=S)c1ccnc(SCc2cccc(Cl)c2)c1. The Bertz CT molecular complexity index is 572. The molecule has 2 N–H and O–H groups in total. The summed E-state index contributed by atoms with van der Waals surface area (Å²) in [5.41, 5.74) is 7.59. The molecule has 18 heavy (non-hydrogen) atoms. The van der Waals surface area contributed by atoms with E-state index in [-0.39, 0.29) is 0 Å². The van der Waals surface area contributed by atoms with Crippen LogP contribution < -0.4 is 5.73 Å². The Morgan fingerprint density at radius 2 is 2.17 bits per heavy atom. The van der Waals surface area contributed by atoms with Gasteiger partial charge in [0, 0.05) is 22.5 Å². The zero-order valence-electron chi connectivity index (χ0n) is 9.47. The van der Waals surface area contributed by atoms with Crippen molar-refractivity contribution < 1.29 is 0 Å². The van der Waals surface area contributed by atoms with Gasteiger partial charge in [-0.15, -0.1) is 11.8 Å². The van der Waals surface area contributed by atoms with Crippen LogP contribution in [0.25, 0.3) is 0 Å². The van der Waals surface area contributed by atoms with E-state index in [1.165, 1.54) is 0 Å². The van der Waals surface area contributed by atoms with Crippen LogP contribution in [0.2, 0.25) is 5.02 Å². The van der Waals surface area contributed by atoms with Gasteiger partial charge in [-0.05, 0) is 29.8 Å². The number of halogens is 1. The number of thiocarbonyl (C=S) groups is 1. The van der Waals surface area contributed by atoms with Gasteiger partial charge in [-0.3, -0.25) is 0 Å². The number of aromatic nitrogens is 1. The molecule has 0 aliphatic carbocycles. The molecule has 0 atom stereocenters. The zero-order chi connectivity index (χ0) is 13.0. The van der Waals surface area contributed by atoms with Crippen molar-refractivity contribution >= 4 is 40.6 Å². The van der Waals surface area contributed by atoms with Crippen molar-refractivity contribution in [1.29, 1.82) is 0 Å². The highest BCUT2D eigenvalue weighted by molar-refractivity contribution is 7.98. The van der Waals surface area contributed by atoms with E-state index in [0.29, 0.717) is 4.99 Å². The monoisotopic (exact) mass is 294 g/mol. The summed E-state index contributed by atoms with van der Waals surface area (Å²) >= 11 is 12.5. The van der Waals surface area contributed by atoms with Crippen molar-refractivity contribution in [3.63, 3.8) is 0 Å². The van der Waals surface area contributed by atoms with E-state index in [2.05, 4.69) is 4.98 Å². The number of nitrogens with zero attached hydrogens (tertiary/aromatic N) is 1. The average molecular weight is 295 g/mol. The van der Waals surface area contributed by atoms with Crippen LogP contribution in [0.15, 0.2) is 47.6 Å². The fourth-order valence-corrected chi connectivity index (χ4v) is 2.61. The van der Waals surface area contributed by atoms with Crippen molar-refractivity contribution in [2.45, 2.75) is 10.8 Å². The molecule has 2 nitrogen and oxygen atoms in total. The third kappa shape index (κ3) is 3.70. The molecule has 1 aromatic carbocycles. The fraction of sp³-hybridized carbons (Fsp3) is 0.0769. The van der Waals surface area contributed by atoms with Crippen molar-refractivity contribution in [2.75, 3.05) is 0 Å². The number of nitrogens with two attached hydrogens (primary N) is 1. The first kappa shape index (κ1) is 13.3. The van der Waals surface area contributed by atoms with Crippen LogP contribution in [-0.4, -0.2) is 9.97 Å². The molecule has 0 aliphatic heterocycles. The lowest BCUT2D eigenvalue weighted by molar-refractivity contribution is 1.13. The van der Waals surface area contributed by atoms with Gasteiger partial charge in [0.1, 0.15) is 4.99 Å². The normalized spacial score (nSPS) is 10.3. The molecular formula is C13H11ClN2S2. The van der Waals surface area contributed by atoms with Crippen LogP contribution >= 0.6 is 35.6 Å². The second kappa shape index (κ2) is 6.18. The van der Waals surface area contributed by atoms with E-state index >= 15 is 0 Å². The van der Waals surface area contributed by atoms with Crippen LogP contribution in [0, 0.1) is 0 Å². The first-order valence-corrected chi connectivity index (χ1v) is 7.05. The fourth-order valence-electron chi connectivity index (χ4n) is 1.43. The van der Waals surface area contributed by atoms with Crippen LogP contribution in [-0.2, 0) is 5.75 Å². The zero-order valence-corrected chi connectivity index (χ0v) is 11.9.